The first-order valence-electron chi connectivity index (χ1n) is 5.41. The number of ether oxygens (including phenoxy) is 1. The fourth-order valence-electron chi connectivity index (χ4n) is 1.52. The number of benzene rings is 2. The first kappa shape index (κ1) is 12.6. The summed E-state index contributed by atoms with van der Waals surface area (Å²) in [5.41, 5.74) is -0.144. The van der Waals surface area contributed by atoms with Crippen molar-refractivity contribution in [3.63, 3.8) is 0 Å². The number of esters is 1. The number of hydrogen-bond acceptors (Lipinski definition) is 4. The van der Waals surface area contributed by atoms with Gasteiger partial charge in [-0.3, -0.25) is 0 Å². The van der Waals surface area contributed by atoms with Gasteiger partial charge in [0.1, 0.15) is 11.5 Å². The molecule has 96 valence electrons. The Balaban J connectivity index is 2.25. The molecule has 0 aliphatic rings. The zero-order valence-corrected chi connectivity index (χ0v) is 9.74. The van der Waals surface area contributed by atoms with Crippen LogP contribution in [0.25, 0.3) is 0 Å². The Kier molecular flexibility index (Phi) is 3.47. The topological polar surface area (TPSA) is 83.8 Å². The zero-order chi connectivity index (χ0) is 13.8. The second kappa shape index (κ2) is 5.22. The third-order valence-corrected chi connectivity index (χ3v) is 2.42. The SMILES string of the molecule is O=C(O)c1ccccc1C(=O)Oc1ccc(O)cc1. The molecule has 0 spiro atoms. The van der Waals surface area contributed by atoms with Crippen molar-refractivity contribution in [2.45, 2.75) is 0 Å². The van der Waals surface area contributed by atoms with Gasteiger partial charge in [-0.2, -0.15) is 0 Å². The summed E-state index contributed by atoms with van der Waals surface area (Å²) in [6.07, 6.45) is 0. The van der Waals surface area contributed by atoms with Crippen LogP contribution in [0.1, 0.15) is 20.7 Å². The fraction of sp³-hybridized carbons (Fsp3) is 0. The van der Waals surface area contributed by atoms with Crippen LogP contribution in [0.15, 0.2) is 48.5 Å². The molecule has 0 saturated heterocycles. The Morgan fingerprint density at radius 2 is 1.47 bits per heavy atom. The van der Waals surface area contributed by atoms with Crippen molar-refractivity contribution in [3.8, 4) is 11.5 Å². The van der Waals surface area contributed by atoms with Crippen LogP contribution in [-0.4, -0.2) is 22.2 Å². The van der Waals surface area contributed by atoms with Gasteiger partial charge >= 0.3 is 11.9 Å². The van der Waals surface area contributed by atoms with Crippen molar-refractivity contribution in [2.75, 3.05) is 0 Å². The minimum Gasteiger partial charge on any atom is -0.508 e. The lowest BCUT2D eigenvalue weighted by atomic mass is 10.1. The molecule has 0 unspecified atom stereocenters. The average Bonchev–Trinajstić information content (AvgIpc) is 2.41. The molecule has 19 heavy (non-hydrogen) atoms. The monoisotopic (exact) mass is 258 g/mol. The molecule has 0 saturated carbocycles. The van der Waals surface area contributed by atoms with E-state index in [4.69, 9.17) is 14.9 Å². The summed E-state index contributed by atoms with van der Waals surface area (Å²) >= 11 is 0. The fourth-order valence-corrected chi connectivity index (χ4v) is 1.52. The van der Waals surface area contributed by atoms with E-state index in [1.165, 1.54) is 42.5 Å². The third-order valence-electron chi connectivity index (χ3n) is 2.42. The minimum absolute atomic E-state index is 0.0249. The van der Waals surface area contributed by atoms with E-state index in [2.05, 4.69) is 0 Å². The quantitative estimate of drug-likeness (QED) is 0.652. The number of carbonyl (C=O) groups excluding carboxylic acids is 1. The summed E-state index contributed by atoms with van der Waals surface area (Å²) in [7, 11) is 0. The number of hydrogen-bond donors (Lipinski definition) is 2. The third kappa shape index (κ3) is 2.90. The van der Waals surface area contributed by atoms with Crippen LogP contribution < -0.4 is 4.74 Å². The van der Waals surface area contributed by atoms with Gasteiger partial charge in [0.15, 0.2) is 0 Å². The lowest BCUT2D eigenvalue weighted by Gasteiger charge is -2.06. The van der Waals surface area contributed by atoms with Crippen molar-refractivity contribution in [1.82, 2.24) is 0 Å². The lowest BCUT2D eigenvalue weighted by molar-refractivity contribution is 0.0668. The molecule has 0 aliphatic carbocycles. The second-order valence-corrected chi connectivity index (χ2v) is 3.73. The summed E-state index contributed by atoms with van der Waals surface area (Å²) in [5.74, 6) is -1.68. The molecule has 2 N–H and O–H groups in total. The van der Waals surface area contributed by atoms with E-state index in [0.29, 0.717) is 0 Å². The number of carboxylic acid groups (broad SMARTS) is 1. The highest BCUT2D eigenvalue weighted by Crippen LogP contribution is 2.18. The number of aromatic carboxylic acids is 1. The zero-order valence-electron chi connectivity index (χ0n) is 9.74. The molecule has 2 rings (SSSR count). The van der Waals surface area contributed by atoms with E-state index in [-0.39, 0.29) is 22.6 Å². The van der Waals surface area contributed by atoms with E-state index in [9.17, 15) is 9.59 Å². The number of phenols is 1. The molecular weight excluding hydrogens is 248 g/mol. The first-order valence-corrected chi connectivity index (χ1v) is 5.41. The standard InChI is InChI=1S/C14H10O5/c15-9-5-7-10(8-6-9)19-14(18)12-4-2-1-3-11(12)13(16)17/h1-8,15H,(H,16,17). The molecule has 0 bridgehead atoms. The molecule has 5 heteroatoms. The molecule has 2 aromatic carbocycles. The van der Waals surface area contributed by atoms with Crippen molar-refractivity contribution in [2.24, 2.45) is 0 Å². The van der Waals surface area contributed by atoms with E-state index in [1.54, 1.807) is 6.07 Å². The van der Waals surface area contributed by atoms with Gasteiger partial charge < -0.3 is 14.9 Å². The molecule has 5 nitrogen and oxygen atoms in total. The number of phenolic OH excluding ortho intramolecular Hbond substituents is 1. The average molecular weight is 258 g/mol. The lowest BCUT2D eigenvalue weighted by Crippen LogP contribution is -2.13. The van der Waals surface area contributed by atoms with Gasteiger partial charge in [0.05, 0.1) is 11.1 Å². The van der Waals surface area contributed by atoms with Gasteiger partial charge in [-0.15, -0.1) is 0 Å². The van der Waals surface area contributed by atoms with Gasteiger partial charge in [0, 0.05) is 0 Å². The highest BCUT2D eigenvalue weighted by atomic mass is 16.5. The van der Waals surface area contributed by atoms with Crippen LogP contribution in [-0.2, 0) is 0 Å². The largest absolute Gasteiger partial charge is 0.508 e. The summed E-state index contributed by atoms with van der Waals surface area (Å²) in [6, 6.07) is 11.4. The van der Waals surface area contributed by atoms with Crippen LogP contribution in [0.4, 0.5) is 0 Å². The Bertz CT molecular complexity index is 616. The Morgan fingerprint density at radius 3 is 2.05 bits per heavy atom. The summed E-state index contributed by atoms with van der Waals surface area (Å²) in [5, 5.41) is 18.1. The second-order valence-electron chi connectivity index (χ2n) is 3.73. The maximum atomic E-state index is 11.9. The van der Waals surface area contributed by atoms with E-state index in [1.807, 2.05) is 0 Å². The predicted molar refractivity (Wildman–Crippen MR) is 66.5 cm³/mol. The van der Waals surface area contributed by atoms with Gasteiger partial charge in [0.2, 0.25) is 0 Å². The smallest absolute Gasteiger partial charge is 0.344 e. The van der Waals surface area contributed by atoms with Crippen molar-refractivity contribution < 1.29 is 24.5 Å². The molecule has 0 heterocycles. The van der Waals surface area contributed by atoms with Crippen LogP contribution >= 0.6 is 0 Å². The summed E-state index contributed by atoms with van der Waals surface area (Å²) < 4.78 is 5.03. The Labute approximate surface area is 108 Å². The highest BCUT2D eigenvalue weighted by molar-refractivity contribution is 6.03. The molecule has 0 aliphatic heterocycles. The van der Waals surface area contributed by atoms with E-state index < -0.39 is 11.9 Å². The van der Waals surface area contributed by atoms with Crippen LogP contribution in [0.2, 0.25) is 0 Å². The summed E-state index contributed by atoms with van der Waals surface area (Å²) in [4.78, 5) is 22.9. The first-order chi connectivity index (χ1) is 9.08. The molecular formula is C14H10O5. The van der Waals surface area contributed by atoms with Crippen molar-refractivity contribution in [3.05, 3.63) is 59.7 Å². The molecule has 2 aromatic rings. The number of aromatic hydroxyl groups is 1. The Hall–Kier alpha value is -2.82. The van der Waals surface area contributed by atoms with E-state index >= 15 is 0 Å². The molecule has 0 amide bonds. The number of rotatable bonds is 3. The highest BCUT2D eigenvalue weighted by Gasteiger charge is 2.17. The number of carbonyl (C=O) groups is 2. The Morgan fingerprint density at radius 1 is 0.895 bits per heavy atom. The molecule has 0 aromatic heterocycles. The van der Waals surface area contributed by atoms with Crippen LogP contribution in [0.5, 0.6) is 11.5 Å². The van der Waals surface area contributed by atoms with Gasteiger partial charge in [-0.05, 0) is 36.4 Å². The molecule has 0 atom stereocenters. The van der Waals surface area contributed by atoms with Crippen LogP contribution in [0.3, 0.4) is 0 Å². The van der Waals surface area contributed by atoms with Crippen molar-refractivity contribution in [1.29, 1.82) is 0 Å². The van der Waals surface area contributed by atoms with Crippen molar-refractivity contribution >= 4 is 11.9 Å². The van der Waals surface area contributed by atoms with Gasteiger partial charge in [-0.1, -0.05) is 12.1 Å². The molecule has 0 radical (unpaired) electrons. The maximum Gasteiger partial charge on any atom is 0.344 e. The van der Waals surface area contributed by atoms with E-state index in [0.717, 1.165) is 0 Å². The minimum atomic E-state index is -1.20. The molecule has 0 fully saturated rings. The normalized spacial score (nSPS) is 9.89. The van der Waals surface area contributed by atoms with Gasteiger partial charge in [-0.25, -0.2) is 9.59 Å². The van der Waals surface area contributed by atoms with Crippen LogP contribution in [0, 0.1) is 0 Å². The maximum absolute atomic E-state index is 11.9. The summed E-state index contributed by atoms with van der Waals surface area (Å²) in [6.45, 7) is 0. The van der Waals surface area contributed by atoms with Gasteiger partial charge in [0.25, 0.3) is 0 Å². The number of carboxylic acids is 1. The predicted octanol–water partition coefficient (Wildman–Crippen LogP) is 2.31.